The van der Waals surface area contributed by atoms with Crippen molar-refractivity contribution in [2.24, 2.45) is 17.8 Å². The quantitative estimate of drug-likeness (QED) is 0.101. The Hall–Kier alpha value is -4.29. The van der Waals surface area contributed by atoms with Crippen LogP contribution in [0.1, 0.15) is 79.0 Å². The number of ether oxygens (including phenoxy) is 1. The Labute approximate surface area is 351 Å². The van der Waals surface area contributed by atoms with Gasteiger partial charge < -0.3 is 15.0 Å². The number of aryl methyl sites for hydroxylation is 2. The number of nitrogens with zero attached hydrogens (tertiary/aromatic N) is 2. The largest absolute Gasteiger partial charge is 0.385 e. The van der Waals surface area contributed by atoms with Crippen LogP contribution in [0.3, 0.4) is 0 Å². The standard InChI is InChI=1S/C47H54N4O4S3/c1-3-36-29-41(14-15-43(36)48-30-34-20-24-55-25-21-34)58(53,54)50-46(52)37-9-12-40(13-10-37)51-22-18-33(19-23-51)28-38-6-4-5-7-42(38)44-16-17-45(57-44)47-49-39(31-56-47)11-8-35-26-32(2)27-35/h4-7,9-10,12-17,29,31,33-35,48H,2-3,8,11,18-28,30H2,1H3,(H,50,52). The fourth-order valence-electron chi connectivity index (χ4n) is 8.56. The average molecular weight is 835 g/mol. The van der Waals surface area contributed by atoms with Crippen molar-refractivity contribution in [3.63, 3.8) is 0 Å². The topological polar surface area (TPSA) is 101 Å². The SMILES string of the molecule is C=C1CC(CCc2csc(-c3ccc(-c4ccccc4CC4CCN(c5ccc(C(=O)NS(=O)(=O)c6ccc(NCC7CCOCC7)c(CC)c6)cc5)CC4)s3)n2)C1. The van der Waals surface area contributed by atoms with Crippen LogP contribution in [0.2, 0.25) is 0 Å². The number of aromatic nitrogens is 1. The van der Waals surface area contributed by atoms with Gasteiger partial charge in [0.1, 0.15) is 5.01 Å². The minimum atomic E-state index is -4.05. The second-order valence-electron chi connectivity index (χ2n) is 16.3. The molecule has 2 aromatic heterocycles. The molecular weight excluding hydrogens is 781 g/mol. The van der Waals surface area contributed by atoms with Crippen molar-refractivity contribution < 1.29 is 17.9 Å². The van der Waals surface area contributed by atoms with Gasteiger partial charge in [-0.05, 0) is 153 Å². The van der Waals surface area contributed by atoms with Gasteiger partial charge in [0.25, 0.3) is 15.9 Å². The Balaban J connectivity index is 0.830. The number of benzene rings is 3. The van der Waals surface area contributed by atoms with Crippen LogP contribution in [-0.4, -0.2) is 52.2 Å². The summed E-state index contributed by atoms with van der Waals surface area (Å²) in [4.78, 5) is 23.2. The average Bonchev–Trinajstić information content (AvgIpc) is 3.93. The highest BCUT2D eigenvalue weighted by Gasteiger charge is 2.25. The van der Waals surface area contributed by atoms with Crippen molar-refractivity contribution in [2.45, 2.75) is 76.0 Å². The summed E-state index contributed by atoms with van der Waals surface area (Å²) in [6, 6.07) is 25.7. The van der Waals surface area contributed by atoms with Crippen LogP contribution in [0.25, 0.3) is 20.3 Å². The molecule has 0 spiro atoms. The molecule has 8 nitrogen and oxygen atoms in total. The molecule has 3 aromatic carbocycles. The monoisotopic (exact) mass is 834 g/mol. The van der Waals surface area contributed by atoms with Crippen molar-refractivity contribution in [3.8, 4) is 20.3 Å². The molecule has 2 saturated heterocycles. The van der Waals surface area contributed by atoms with Crippen LogP contribution >= 0.6 is 22.7 Å². The molecule has 3 fully saturated rings. The normalized spacial score (nSPS) is 17.0. The maximum atomic E-state index is 13.3. The molecule has 5 aromatic rings. The van der Waals surface area contributed by atoms with Gasteiger partial charge in [-0.2, -0.15) is 0 Å². The number of rotatable bonds is 15. The lowest BCUT2D eigenvalue weighted by Gasteiger charge is -2.34. The summed E-state index contributed by atoms with van der Waals surface area (Å²) in [5, 5.41) is 6.86. The number of anilines is 2. The molecule has 11 heteroatoms. The molecule has 4 heterocycles. The number of carbonyl (C=O) groups is 1. The van der Waals surface area contributed by atoms with Crippen LogP contribution in [-0.2, 0) is 34.0 Å². The van der Waals surface area contributed by atoms with Crippen LogP contribution < -0.4 is 14.9 Å². The summed E-state index contributed by atoms with van der Waals surface area (Å²) in [5.41, 5.74) is 8.50. The summed E-state index contributed by atoms with van der Waals surface area (Å²) in [6.07, 6.45) is 10.5. The highest BCUT2D eigenvalue weighted by Crippen LogP contribution is 2.40. The third-order valence-corrected chi connectivity index (χ3v) is 15.7. The van der Waals surface area contributed by atoms with Gasteiger partial charge in [-0.1, -0.05) is 43.3 Å². The zero-order valence-electron chi connectivity index (χ0n) is 33.4. The molecule has 2 aliphatic heterocycles. The molecule has 0 radical (unpaired) electrons. The first-order valence-corrected chi connectivity index (χ1v) is 24.0. The molecule has 1 aliphatic carbocycles. The highest BCUT2D eigenvalue weighted by molar-refractivity contribution is 7.90. The zero-order chi connectivity index (χ0) is 40.1. The molecule has 2 N–H and O–H groups in total. The maximum Gasteiger partial charge on any atom is 0.264 e. The van der Waals surface area contributed by atoms with Crippen LogP contribution in [0.4, 0.5) is 11.4 Å². The lowest BCUT2D eigenvalue weighted by molar-refractivity contribution is 0.0699. The predicted molar refractivity (Wildman–Crippen MR) is 239 cm³/mol. The number of nitrogens with one attached hydrogen (secondary N) is 2. The van der Waals surface area contributed by atoms with Crippen molar-refractivity contribution >= 4 is 50.0 Å². The fourth-order valence-corrected chi connectivity index (χ4v) is 11.6. The van der Waals surface area contributed by atoms with E-state index < -0.39 is 15.9 Å². The van der Waals surface area contributed by atoms with E-state index in [4.69, 9.17) is 9.72 Å². The minimum Gasteiger partial charge on any atom is -0.385 e. The Morgan fingerprint density at radius 1 is 0.897 bits per heavy atom. The van der Waals surface area contributed by atoms with Gasteiger partial charge in [-0.15, -0.1) is 22.7 Å². The van der Waals surface area contributed by atoms with E-state index in [1.807, 2.05) is 36.5 Å². The number of piperidine rings is 1. The second-order valence-corrected chi connectivity index (χ2v) is 19.9. The van der Waals surface area contributed by atoms with E-state index in [0.717, 1.165) is 99.2 Å². The van der Waals surface area contributed by atoms with Gasteiger partial charge in [0.15, 0.2) is 0 Å². The Bertz CT molecular complexity index is 2310. The van der Waals surface area contributed by atoms with Crippen molar-refractivity contribution in [1.29, 1.82) is 0 Å². The summed E-state index contributed by atoms with van der Waals surface area (Å²) >= 11 is 3.60. The minimum absolute atomic E-state index is 0.0861. The number of hydrogen-bond donors (Lipinski definition) is 2. The summed E-state index contributed by atoms with van der Waals surface area (Å²) < 4.78 is 34.4. The molecule has 0 unspecified atom stereocenters. The van der Waals surface area contributed by atoms with Crippen molar-refractivity contribution in [2.75, 3.05) is 43.1 Å². The maximum absolute atomic E-state index is 13.3. The smallest absolute Gasteiger partial charge is 0.264 e. The van der Waals surface area contributed by atoms with Gasteiger partial charge >= 0.3 is 0 Å². The molecule has 0 atom stereocenters. The lowest BCUT2D eigenvalue weighted by atomic mass is 9.78. The van der Waals surface area contributed by atoms with E-state index in [-0.39, 0.29) is 4.90 Å². The Morgan fingerprint density at radius 2 is 1.66 bits per heavy atom. The molecule has 58 heavy (non-hydrogen) atoms. The number of sulfonamides is 1. The number of allylic oxidation sites excluding steroid dienone is 1. The van der Waals surface area contributed by atoms with E-state index >= 15 is 0 Å². The highest BCUT2D eigenvalue weighted by atomic mass is 32.2. The Morgan fingerprint density at radius 3 is 2.41 bits per heavy atom. The third kappa shape index (κ3) is 9.76. The summed E-state index contributed by atoms with van der Waals surface area (Å²) in [5.74, 6) is 1.27. The van der Waals surface area contributed by atoms with Gasteiger partial charge in [0, 0.05) is 60.0 Å². The van der Waals surface area contributed by atoms with E-state index in [1.54, 1.807) is 35.6 Å². The number of amides is 1. The number of thiophene rings is 1. The van der Waals surface area contributed by atoms with Gasteiger partial charge in [0.05, 0.1) is 15.5 Å². The van der Waals surface area contributed by atoms with Crippen LogP contribution in [0.5, 0.6) is 0 Å². The number of carbonyl (C=O) groups excluding carboxylic acids is 1. The third-order valence-electron chi connectivity index (χ3n) is 12.1. The van der Waals surface area contributed by atoms with E-state index in [1.165, 1.54) is 51.4 Å². The van der Waals surface area contributed by atoms with Crippen LogP contribution in [0.15, 0.2) is 101 Å². The number of thiazole rings is 1. The summed E-state index contributed by atoms with van der Waals surface area (Å²) in [6.45, 7) is 10.3. The molecule has 1 saturated carbocycles. The number of hydrogen-bond acceptors (Lipinski definition) is 9. The molecular formula is C47H54N4O4S3. The second kappa shape index (κ2) is 18.3. The molecule has 0 bridgehead atoms. The van der Waals surface area contributed by atoms with Gasteiger partial charge in [-0.3, -0.25) is 4.79 Å². The lowest BCUT2D eigenvalue weighted by Crippen LogP contribution is -2.34. The Kier molecular flexibility index (Phi) is 12.8. The summed E-state index contributed by atoms with van der Waals surface area (Å²) in [7, 11) is -4.05. The first kappa shape index (κ1) is 40.5. The van der Waals surface area contributed by atoms with Gasteiger partial charge in [0.2, 0.25) is 0 Å². The van der Waals surface area contributed by atoms with Crippen molar-refractivity contribution in [3.05, 3.63) is 119 Å². The van der Waals surface area contributed by atoms with E-state index in [0.29, 0.717) is 23.8 Å². The molecule has 3 aliphatic rings. The van der Waals surface area contributed by atoms with Gasteiger partial charge in [-0.25, -0.2) is 18.1 Å². The first-order valence-electron chi connectivity index (χ1n) is 20.9. The molecule has 304 valence electrons. The predicted octanol–water partition coefficient (Wildman–Crippen LogP) is 10.4. The van der Waals surface area contributed by atoms with Crippen molar-refractivity contribution in [1.82, 2.24) is 9.71 Å². The molecule has 1 amide bonds. The van der Waals surface area contributed by atoms with E-state index in [2.05, 4.69) is 63.3 Å². The first-order chi connectivity index (χ1) is 28.2. The van der Waals surface area contributed by atoms with E-state index in [9.17, 15) is 13.2 Å². The fraction of sp³-hybridized carbons (Fsp3) is 0.404. The molecule has 8 rings (SSSR count). The van der Waals surface area contributed by atoms with Crippen LogP contribution in [0, 0.1) is 17.8 Å². The zero-order valence-corrected chi connectivity index (χ0v) is 35.8.